The molecule has 0 radical (unpaired) electrons. The highest BCUT2D eigenvalue weighted by atomic mass is 19.4. The van der Waals surface area contributed by atoms with Crippen molar-refractivity contribution in [3.8, 4) is 0 Å². The third kappa shape index (κ3) is 6.77. The molecule has 0 spiro atoms. The van der Waals surface area contributed by atoms with Crippen molar-refractivity contribution in [2.75, 3.05) is 19.7 Å². The number of carbonyl (C=O) groups excluding carboxylic acids is 1. The Morgan fingerprint density at radius 3 is 2.05 bits per heavy atom. The van der Waals surface area contributed by atoms with Gasteiger partial charge in [-0.1, -0.05) is 31.2 Å². The van der Waals surface area contributed by atoms with Crippen LogP contribution in [-0.2, 0) is 30.1 Å². The zero-order chi connectivity index (χ0) is 28.4. The molecule has 4 nitrogen and oxygen atoms in total. The molecule has 2 unspecified atom stereocenters. The van der Waals surface area contributed by atoms with E-state index >= 15 is 0 Å². The van der Waals surface area contributed by atoms with Gasteiger partial charge < -0.3 is 15.3 Å². The second kappa shape index (κ2) is 11.5. The number of nitrogens with one attached hydrogen (secondary N) is 1. The Morgan fingerprint density at radius 1 is 0.949 bits per heavy atom. The van der Waals surface area contributed by atoms with Crippen LogP contribution < -0.4 is 5.32 Å². The van der Waals surface area contributed by atoms with E-state index in [9.17, 15) is 36.2 Å². The summed E-state index contributed by atoms with van der Waals surface area (Å²) in [4.78, 5) is 15.5. The Balaban J connectivity index is 1.37. The van der Waals surface area contributed by atoms with Gasteiger partial charge in [-0.25, -0.2) is 0 Å². The monoisotopic (exact) mass is 556 g/mol. The lowest BCUT2D eigenvalue weighted by Gasteiger charge is -2.37. The number of benzene rings is 2. The molecule has 0 aromatic heterocycles. The van der Waals surface area contributed by atoms with Crippen LogP contribution >= 0.6 is 0 Å². The largest absolute Gasteiger partial charge is 0.416 e. The molecule has 2 aromatic rings. The van der Waals surface area contributed by atoms with E-state index < -0.39 is 48.0 Å². The van der Waals surface area contributed by atoms with Gasteiger partial charge in [-0.05, 0) is 92.4 Å². The molecular weight excluding hydrogens is 522 g/mol. The number of rotatable bonds is 7. The molecule has 2 aromatic carbocycles. The van der Waals surface area contributed by atoms with Gasteiger partial charge >= 0.3 is 12.4 Å². The average Bonchev–Trinajstić information content (AvgIpc) is 3.37. The first-order valence-electron chi connectivity index (χ1n) is 13.3. The Morgan fingerprint density at radius 2 is 1.54 bits per heavy atom. The number of likely N-dealkylation sites (tertiary alicyclic amines) is 1. The second-order valence-corrected chi connectivity index (χ2v) is 10.8. The molecule has 1 aliphatic carbocycles. The number of carbonyl (C=O) groups is 1. The van der Waals surface area contributed by atoms with Gasteiger partial charge in [0, 0.05) is 12.6 Å². The summed E-state index contributed by atoms with van der Waals surface area (Å²) in [7, 11) is 0. The Labute approximate surface area is 224 Å². The molecule has 10 heteroatoms. The Bertz CT molecular complexity index is 1110. The first-order valence-corrected chi connectivity index (χ1v) is 13.3. The van der Waals surface area contributed by atoms with Gasteiger partial charge in [0.05, 0.1) is 23.1 Å². The predicted octanol–water partition coefficient (Wildman–Crippen LogP) is 6.31. The second-order valence-electron chi connectivity index (χ2n) is 10.8. The topological polar surface area (TPSA) is 52.6 Å². The summed E-state index contributed by atoms with van der Waals surface area (Å²) in [5.41, 5.74) is -1.65. The highest BCUT2D eigenvalue weighted by Crippen LogP contribution is 2.42. The van der Waals surface area contributed by atoms with Crippen LogP contribution in [0.2, 0.25) is 0 Å². The molecule has 1 aliphatic heterocycles. The lowest BCUT2D eigenvalue weighted by atomic mass is 9.85. The number of aliphatic hydroxyl groups is 1. The molecule has 39 heavy (non-hydrogen) atoms. The maximum atomic E-state index is 13.2. The number of amides is 1. The fraction of sp³-hybridized carbons (Fsp3) is 0.552. The average molecular weight is 557 g/mol. The number of aryl methyl sites for hydroxylation is 1. The van der Waals surface area contributed by atoms with E-state index in [2.05, 4.69) is 41.4 Å². The highest BCUT2D eigenvalue weighted by Gasteiger charge is 2.47. The lowest BCUT2D eigenvalue weighted by Crippen LogP contribution is -2.45. The fourth-order valence-corrected chi connectivity index (χ4v) is 5.95. The van der Waals surface area contributed by atoms with Crippen molar-refractivity contribution >= 4 is 5.91 Å². The van der Waals surface area contributed by atoms with Gasteiger partial charge in [0.25, 0.3) is 0 Å². The smallest absolute Gasteiger partial charge is 0.395 e. The summed E-state index contributed by atoms with van der Waals surface area (Å²) in [6.07, 6.45) is -5.49. The van der Waals surface area contributed by atoms with Gasteiger partial charge in [0.2, 0.25) is 5.91 Å². The van der Waals surface area contributed by atoms with Gasteiger partial charge in [-0.15, -0.1) is 0 Å². The normalized spacial score (nSPS) is 23.2. The van der Waals surface area contributed by atoms with Crippen LogP contribution in [0.4, 0.5) is 26.3 Å². The summed E-state index contributed by atoms with van der Waals surface area (Å²) in [6.45, 7) is 2.90. The van der Waals surface area contributed by atoms with E-state index in [0.717, 1.165) is 32.4 Å². The van der Waals surface area contributed by atoms with Gasteiger partial charge in [-0.2, -0.15) is 26.3 Å². The van der Waals surface area contributed by atoms with Crippen LogP contribution in [0, 0.1) is 5.41 Å². The molecule has 0 bridgehead atoms. The number of aliphatic hydroxyl groups excluding tert-OH is 1. The lowest BCUT2D eigenvalue weighted by molar-refractivity contribution is -0.143. The van der Waals surface area contributed by atoms with Crippen molar-refractivity contribution < 1.29 is 36.2 Å². The molecule has 2 atom stereocenters. The van der Waals surface area contributed by atoms with Crippen molar-refractivity contribution in [3.05, 3.63) is 70.3 Å². The van der Waals surface area contributed by atoms with Crippen molar-refractivity contribution in [1.29, 1.82) is 0 Å². The summed E-state index contributed by atoms with van der Waals surface area (Å²) in [6, 6.07) is 10.1. The standard InChI is InChI=1S/C29H34F6N2O2/c1-2-19-3-5-21(6-4-19)22-8-11-37(12-9-22)25-7-10-27(16-25,18-38)26(39)36-17-20-13-23(28(30,31)32)15-24(14-20)29(33,34)35/h3-6,13-15,22,25,38H,2,7-12,16-18H2,1H3,(H,36,39). The molecule has 2 fully saturated rings. The zero-order valence-corrected chi connectivity index (χ0v) is 21.8. The van der Waals surface area contributed by atoms with Crippen LogP contribution in [0.25, 0.3) is 0 Å². The van der Waals surface area contributed by atoms with Crippen LogP contribution in [-0.4, -0.2) is 41.7 Å². The van der Waals surface area contributed by atoms with E-state index in [-0.39, 0.29) is 17.7 Å². The molecule has 4 rings (SSSR count). The first kappa shape index (κ1) is 29.4. The molecule has 1 saturated heterocycles. The number of alkyl halides is 6. The van der Waals surface area contributed by atoms with E-state index in [1.807, 2.05) is 0 Å². The number of piperidine rings is 1. The highest BCUT2D eigenvalue weighted by molar-refractivity contribution is 5.83. The number of hydrogen-bond donors (Lipinski definition) is 2. The molecule has 1 saturated carbocycles. The van der Waals surface area contributed by atoms with E-state index in [4.69, 9.17) is 0 Å². The van der Waals surface area contributed by atoms with Crippen LogP contribution in [0.5, 0.6) is 0 Å². The van der Waals surface area contributed by atoms with Crippen molar-refractivity contribution in [1.82, 2.24) is 10.2 Å². The van der Waals surface area contributed by atoms with E-state index in [1.165, 1.54) is 11.1 Å². The van der Waals surface area contributed by atoms with Crippen LogP contribution in [0.3, 0.4) is 0 Å². The quantitative estimate of drug-likeness (QED) is 0.393. The summed E-state index contributed by atoms with van der Waals surface area (Å²) < 4.78 is 79.1. The Hall–Kier alpha value is -2.59. The van der Waals surface area contributed by atoms with Crippen LogP contribution in [0.15, 0.2) is 42.5 Å². The van der Waals surface area contributed by atoms with Crippen molar-refractivity contribution in [3.63, 3.8) is 0 Å². The van der Waals surface area contributed by atoms with Crippen molar-refractivity contribution in [2.24, 2.45) is 5.41 Å². The first-order chi connectivity index (χ1) is 18.3. The molecule has 2 aliphatic rings. The molecule has 1 amide bonds. The maximum absolute atomic E-state index is 13.2. The maximum Gasteiger partial charge on any atom is 0.416 e. The minimum absolute atomic E-state index is 0.0610. The third-order valence-corrected chi connectivity index (χ3v) is 8.37. The van der Waals surface area contributed by atoms with Gasteiger partial charge in [0.15, 0.2) is 0 Å². The number of halogens is 6. The molecule has 2 N–H and O–H groups in total. The SMILES string of the molecule is CCc1ccc(C2CCN(C3CCC(CO)(C(=O)NCc4cc(C(F)(F)F)cc(C(F)(F)F)c4)C3)CC2)cc1. The summed E-state index contributed by atoms with van der Waals surface area (Å²) in [5, 5.41) is 12.7. The third-order valence-electron chi connectivity index (χ3n) is 8.37. The minimum Gasteiger partial charge on any atom is -0.395 e. The van der Waals surface area contributed by atoms with Crippen molar-refractivity contribution in [2.45, 2.75) is 76.3 Å². The van der Waals surface area contributed by atoms with Crippen LogP contribution in [0.1, 0.15) is 72.8 Å². The van der Waals surface area contributed by atoms with Gasteiger partial charge in [0.1, 0.15) is 0 Å². The minimum atomic E-state index is -4.96. The van der Waals surface area contributed by atoms with Gasteiger partial charge in [-0.3, -0.25) is 4.79 Å². The summed E-state index contributed by atoms with van der Waals surface area (Å²) in [5.74, 6) is -0.0853. The predicted molar refractivity (Wildman–Crippen MR) is 135 cm³/mol. The molecule has 1 heterocycles. The summed E-state index contributed by atoms with van der Waals surface area (Å²) >= 11 is 0. The fourth-order valence-electron chi connectivity index (χ4n) is 5.95. The zero-order valence-electron chi connectivity index (χ0n) is 21.8. The number of nitrogens with zero attached hydrogens (tertiary/aromatic N) is 1. The molecule has 214 valence electrons. The van der Waals surface area contributed by atoms with E-state index in [1.54, 1.807) is 0 Å². The Kier molecular flexibility index (Phi) is 8.66. The van der Waals surface area contributed by atoms with E-state index in [0.29, 0.717) is 37.3 Å². The molecular formula is C29H34F6N2O2. The number of hydrogen-bond acceptors (Lipinski definition) is 3.